The zero-order valence-electron chi connectivity index (χ0n) is 15.6. The molecule has 5 nitrogen and oxygen atoms in total. The Bertz CT molecular complexity index is 739. The van der Waals surface area contributed by atoms with Crippen LogP contribution in [0.4, 0.5) is 0 Å². The van der Waals surface area contributed by atoms with Crippen LogP contribution in [0.15, 0.2) is 47.6 Å². The number of carbonyl (C=O) groups is 1. The molecule has 0 saturated carbocycles. The molecule has 1 amide bonds. The average Bonchev–Trinajstić information content (AvgIpc) is 2.64. The minimum Gasteiger partial charge on any atom is -0.494 e. The fraction of sp³-hybridized carbons (Fsp3) is 0.333. The summed E-state index contributed by atoms with van der Waals surface area (Å²) in [4.78, 5) is 12.0. The van der Waals surface area contributed by atoms with Gasteiger partial charge in [0.15, 0.2) is 0 Å². The fourth-order valence-corrected chi connectivity index (χ4v) is 2.45. The fourth-order valence-electron chi connectivity index (χ4n) is 2.45. The minimum atomic E-state index is -0.158. The lowest BCUT2D eigenvalue weighted by atomic mass is 10.1. The molecule has 0 saturated heterocycles. The van der Waals surface area contributed by atoms with E-state index in [9.17, 15) is 4.79 Å². The molecule has 0 aliphatic heterocycles. The van der Waals surface area contributed by atoms with Gasteiger partial charge in [-0.1, -0.05) is 31.2 Å². The lowest BCUT2D eigenvalue weighted by Crippen LogP contribution is -2.19. The predicted molar refractivity (Wildman–Crippen MR) is 104 cm³/mol. The number of hydrogen-bond donors (Lipinski definition) is 1. The standard InChI is InChI=1S/C21H26N2O3/c1-4-16-7-9-17(10-8-16)13-21(24)23-22-15-18-11-12-19(25-5-2)14-20(18)26-6-3/h7-12,14-15H,4-6,13H2,1-3H3,(H,23,24)/b22-15+. The highest BCUT2D eigenvalue weighted by atomic mass is 16.5. The van der Waals surface area contributed by atoms with Crippen LogP contribution in [0.5, 0.6) is 11.5 Å². The van der Waals surface area contributed by atoms with Crippen molar-refractivity contribution in [2.75, 3.05) is 13.2 Å². The zero-order chi connectivity index (χ0) is 18.8. The Kier molecular flexibility index (Phi) is 7.68. The van der Waals surface area contributed by atoms with Crippen LogP contribution in [0.1, 0.15) is 37.5 Å². The first-order valence-electron chi connectivity index (χ1n) is 8.95. The molecule has 0 heterocycles. The molecular formula is C21H26N2O3. The summed E-state index contributed by atoms with van der Waals surface area (Å²) in [5, 5.41) is 4.04. The molecule has 2 aromatic carbocycles. The van der Waals surface area contributed by atoms with E-state index < -0.39 is 0 Å². The molecule has 0 radical (unpaired) electrons. The van der Waals surface area contributed by atoms with Gasteiger partial charge < -0.3 is 9.47 Å². The maximum Gasteiger partial charge on any atom is 0.244 e. The first-order chi connectivity index (χ1) is 12.7. The molecule has 26 heavy (non-hydrogen) atoms. The van der Waals surface area contributed by atoms with Crippen molar-refractivity contribution in [2.24, 2.45) is 5.10 Å². The van der Waals surface area contributed by atoms with E-state index in [-0.39, 0.29) is 5.91 Å². The number of nitrogens with zero attached hydrogens (tertiary/aromatic N) is 1. The number of benzene rings is 2. The minimum absolute atomic E-state index is 0.158. The van der Waals surface area contributed by atoms with Crippen LogP contribution in [-0.4, -0.2) is 25.3 Å². The lowest BCUT2D eigenvalue weighted by molar-refractivity contribution is -0.120. The van der Waals surface area contributed by atoms with Gasteiger partial charge in [-0.05, 0) is 43.5 Å². The van der Waals surface area contributed by atoms with Gasteiger partial charge in [0.25, 0.3) is 0 Å². The summed E-state index contributed by atoms with van der Waals surface area (Å²) in [6.07, 6.45) is 2.86. The van der Waals surface area contributed by atoms with E-state index in [4.69, 9.17) is 9.47 Å². The van der Waals surface area contributed by atoms with Crippen molar-refractivity contribution in [3.8, 4) is 11.5 Å². The summed E-state index contributed by atoms with van der Waals surface area (Å²) in [6.45, 7) is 7.08. The second-order valence-electron chi connectivity index (χ2n) is 5.71. The molecule has 2 aromatic rings. The van der Waals surface area contributed by atoms with Crippen LogP contribution in [0.25, 0.3) is 0 Å². The van der Waals surface area contributed by atoms with Crippen LogP contribution < -0.4 is 14.9 Å². The normalized spacial score (nSPS) is 10.7. The highest BCUT2D eigenvalue weighted by Gasteiger charge is 2.05. The highest BCUT2D eigenvalue weighted by molar-refractivity contribution is 5.86. The van der Waals surface area contributed by atoms with Crippen molar-refractivity contribution in [3.05, 3.63) is 59.2 Å². The molecule has 0 bridgehead atoms. The van der Waals surface area contributed by atoms with Crippen LogP contribution in [0, 0.1) is 0 Å². The van der Waals surface area contributed by atoms with Crippen LogP contribution in [0.3, 0.4) is 0 Å². The Morgan fingerprint density at radius 1 is 1.00 bits per heavy atom. The van der Waals surface area contributed by atoms with Crippen molar-refractivity contribution in [1.82, 2.24) is 5.43 Å². The summed E-state index contributed by atoms with van der Waals surface area (Å²) in [5.74, 6) is 1.26. The van der Waals surface area contributed by atoms with E-state index in [1.165, 1.54) is 5.56 Å². The summed E-state index contributed by atoms with van der Waals surface area (Å²) < 4.78 is 11.1. The third-order valence-corrected chi connectivity index (χ3v) is 3.78. The second-order valence-corrected chi connectivity index (χ2v) is 5.71. The predicted octanol–water partition coefficient (Wildman–Crippen LogP) is 3.74. The van der Waals surface area contributed by atoms with Crippen molar-refractivity contribution in [1.29, 1.82) is 0 Å². The average molecular weight is 354 g/mol. The van der Waals surface area contributed by atoms with Gasteiger partial charge in [0.1, 0.15) is 11.5 Å². The van der Waals surface area contributed by atoms with Gasteiger partial charge in [0.05, 0.1) is 25.8 Å². The van der Waals surface area contributed by atoms with E-state index in [1.807, 2.05) is 56.3 Å². The second kappa shape index (κ2) is 10.2. The Labute approximate surface area is 155 Å². The topological polar surface area (TPSA) is 59.9 Å². The monoisotopic (exact) mass is 354 g/mol. The van der Waals surface area contributed by atoms with Gasteiger partial charge in [-0.3, -0.25) is 4.79 Å². The number of amides is 1. The van der Waals surface area contributed by atoms with Crippen LogP contribution >= 0.6 is 0 Å². The molecule has 2 rings (SSSR count). The molecule has 0 aliphatic rings. The first-order valence-corrected chi connectivity index (χ1v) is 8.95. The zero-order valence-corrected chi connectivity index (χ0v) is 15.6. The van der Waals surface area contributed by atoms with Crippen molar-refractivity contribution in [2.45, 2.75) is 33.6 Å². The molecule has 5 heteroatoms. The van der Waals surface area contributed by atoms with Gasteiger partial charge in [-0.25, -0.2) is 5.43 Å². The SMILES string of the molecule is CCOc1ccc(/C=N/NC(=O)Cc2ccc(CC)cc2)c(OCC)c1. The molecule has 0 spiro atoms. The van der Waals surface area contributed by atoms with E-state index in [1.54, 1.807) is 6.21 Å². The number of rotatable bonds is 9. The molecule has 0 atom stereocenters. The number of ether oxygens (including phenoxy) is 2. The summed E-state index contributed by atoms with van der Waals surface area (Å²) >= 11 is 0. The summed E-state index contributed by atoms with van der Waals surface area (Å²) in [6, 6.07) is 13.6. The van der Waals surface area contributed by atoms with Crippen LogP contribution in [-0.2, 0) is 17.6 Å². The third kappa shape index (κ3) is 5.92. The first kappa shape index (κ1) is 19.5. The van der Waals surface area contributed by atoms with Gasteiger partial charge in [0, 0.05) is 11.6 Å². The van der Waals surface area contributed by atoms with Crippen molar-refractivity contribution < 1.29 is 14.3 Å². The van der Waals surface area contributed by atoms with E-state index in [0.717, 1.165) is 23.3 Å². The summed E-state index contributed by atoms with van der Waals surface area (Å²) in [5.41, 5.74) is 5.56. The lowest BCUT2D eigenvalue weighted by Gasteiger charge is -2.10. The Morgan fingerprint density at radius 3 is 2.35 bits per heavy atom. The van der Waals surface area contributed by atoms with Crippen molar-refractivity contribution in [3.63, 3.8) is 0 Å². The molecule has 0 unspecified atom stereocenters. The van der Waals surface area contributed by atoms with E-state index in [2.05, 4.69) is 17.5 Å². The number of nitrogens with one attached hydrogen (secondary N) is 1. The van der Waals surface area contributed by atoms with Gasteiger partial charge in [0.2, 0.25) is 5.91 Å². The maximum absolute atomic E-state index is 12.0. The Morgan fingerprint density at radius 2 is 1.69 bits per heavy atom. The van der Waals surface area contributed by atoms with Gasteiger partial charge in [-0.15, -0.1) is 0 Å². The molecule has 0 aliphatic carbocycles. The number of hydrogen-bond acceptors (Lipinski definition) is 4. The van der Waals surface area contributed by atoms with Crippen molar-refractivity contribution >= 4 is 12.1 Å². The molecule has 0 aromatic heterocycles. The Hall–Kier alpha value is -2.82. The number of hydrazone groups is 1. The quantitative estimate of drug-likeness (QED) is 0.551. The molecular weight excluding hydrogens is 328 g/mol. The van der Waals surface area contributed by atoms with Crippen LogP contribution in [0.2, 0.25) is 0 Å². The highest BCUT2D eigenvalue weighted by Crippen LogP contribution is 2.23. The van der Waals surface area contributed by atoms with Gasteiger partial charge >= 0.3 is 0 Å². The largest absolute Gasteiger partial charge is 0.494 e. The number of aryl methyl sites for hydroxylation is 1. The maximum atomic E-state index is 12.0. The molecule has 0 fully saturated rings. The smallest absolute Gasteiger partial charge is 0.244 e. The Balaban J connectivity index is 1.96. The molecule has 138 valence electrons. The number of carbonyl (C=O) groups excluding carboxylic acids is 1. The molecule has 1 N–H and O–H groups in total. The summed E-state index contributed by atoms with van der Waals surface area (Å²) in [7, 11) is 0. The van der Waals surface area contributed by atoms with Gasteiger partial charge in [-0.2, -0.15) is 5.10 Å². The van der Waals surface area contributed by atoms with E-state index in [0.29, 0.717) is 25.4 Å². The third-order valence-electron chi connectivity index (χ3n) is 3.78. The van der Waals surface area contributed by atoms with E-state index >= 15 is 0 Å².